The van der Waals surface area contributed by atoms with E-state index in [9.17, 15) is 13.2 Å². The number of hydrogen-bond donors (Lipinski definition) is 1. The van der Waals surface area contributed by atoms with Crippen molar-refractivity contribution in [3.63, 3.8) is 0 Å². The summed E-state index contributed by atoms with van der Waals surface area (Å²) in [6.07, 6.45) is 2.12. The van der Waals surface area contributed by atoms with Gasteiger partial charge in [-0.15, -0.1) is 0 Å². The number of carbonyl (C=O) groups excluding carboxylic acids is 1. The summed E-state index contributed by atoms with van der Waals surface area (Å²) in [7, 11) is -3.72. The van der Waals surface area contributed by atoms with Gasteiger partial charge in [-0.05, 0) is 62.2 Å². The molecule has 1 amide bonds. The fraction of sp³-hybridized carbons (Fsp3) is 0.480. The third kappa shape index (κ3) is 5.23. The molecule has 178 valence electrons. The molecule has 2 aromatic rings. The fourth-order valence-electron chi connectivity index (χ4n) is 4.71. The molecular weight excluding hydrogens is 436 g/mol. The van der Waals surface area contributed by atoms with Crippen molar-refractivity contribution in [3.05, 3.63) is 54.1 Å². The van der Waals surface area contributed by atoms with Gasteiger partial charge in [-0.3, -0.25) is 4.79 Å². The van der Waals surface area contributed by atoms with Gasteiger partial charge in [0.25, 0.3) is 0 Å². The van der Waals surface area contributed by atoms with Crippen LogP contribution in [0.15, 0.2) is 53.4 Å². The van der Waals surface area contributed by atoms with Crippen LogP contribution in [0.4, 0.5) is 11.4 Å². The highest BCUT2D eigenvalue weighted by molar-refractivity contribution is 7.89. The summed E-state index contributed by atoms with van der Waals surface area (Å²) in [5.41, 5.74) is 2.87. The molecule has 8 heteroatoms. The van der Waals surface area contributed by atoms with Crippen LogP contribution in [0.1, 0.15) is 31.7 Å². The minimum absolute atomic E-state index is 0.230. The molecule has 0 bridgehead atoms. The van der Waals surface area contributed by atoms with Gasteiger partial charge in [-0.25, -0.2) is 8.42 Å². The first kappa shape index (κ1) is 23.7. The number of rotatable bonds is 6. The molecule has 0 saturated carbocycles. The van der Waals surface area contributed by atoms with E-state index in [0.29, 0.717) is 13.0 Å². The number of nitrogens with zero attached hydrogens (tertiary/aromatic N) is 3. The number of piperidine rings is 1. The number of aryl methyl sites for hydroxylation is 1. The van der Waals surface area contributed by atoms with E-state index in [1.807, 2.05) is 19.1 Å². The second-order valence-corrected chi connectivity index (χ2v) is 10.7. The number of amides is 1. The molecule has 1 N–H and O–H groups in total. The van der Waals surface area contributed by atoms with E-state index in [4.69, 9.17) is 0 Å². The number of piperazine rings is 1. The van der Waals surface area contributed by atoms with Crippen molar-refractivity contribution in [1.29, 1.82) is 0 Å². The number of likely N-dealkylation sites (N-methyl/N-ethyl adjacent to an activating group) is 1. The van der Waals surface area contributed by atoms with E-state index in [-0.39, 0.29) is 10.8 Å². The molecule has 0 aromatic heterocycles. The Morgan fingerprint density at radius 2 is 1.73 bits per heavy atom. The quantitative estimate of drug-likeness (QED) is 0.701. The Morgan fingerprint density at radius 1 is 1.00 bits per heavy atom. The van der Waals surface area contributed by atoms with Crippen molar-refractivity contribution in [2.75, 3.05) is 49.5 Å². The largest absolute Gasteiger partial charge is 0.369 e. The molecule has 0 radical (unpaired) electrons. The van der Waals surface area contributed by atoms with Gasteiger partial charge in [0, 0.05) is 44.1 Å². The van der Waals surface area contributed by atoms with Crippen molar-refractivity contribution in [1.82, 2.24) is 9.21 Å². The van der Waals surface area contributed by atoms with E-state index < -0.39 is 16.1 Å². The van der Waals surface area contributed by atoms with Crippen LogP contribution >= 0.6 is 0 Å². The first-order valence-electron chi connectivity index (χ1n) is 11.9. The van der Waals surface area contributed by atoms with Gasteiger partial charge in [-0.2, -0.15) is 4.31 Å². The maximum atomic E-state index is 13.2. The van der Waals surface area contributed by atoms with Gasteiger partial charge in [0.05, 0.1) is 4.90 Å². The Kier molecular flexibility index (Phi) is 7.36. The molecule has 1 unspecified atom stereocenters. The summed E-state index contributed by atoms with van der Waals surface area (Å²) in [4.78, 5) is 18.3. The molecule has 2 heterocycles. The Bertz CT molecular complexity index is 1070. The highest BCUT2D eigenvalue weighted by atomic mass is 32.2. The zero-order chi connectivity index (χ0) is 23.4. The standard InChI is InChI=1S/C25H34N4O3S/c1-3-27-15-17-28(18-16-27)21-12-13-23(20(2)19-21)26-25(30)24-11-7-8-14-29(24)33(31,32)22-9-5-4-6-10-22/h4-6,9-10,12-13,19,24H,3,7-8,11,14-18H2,1-2H3,(H,26,30). The summed E-state index contributed by atoms with van der Waals surface area (Å²) in [6.45, 7) is 9.72. The fourth-order valence-corrected chi connectivity index (χ4v) is 6.38. The van der Waals surface area contributed by atoms with Gasteiger partial charge >= 0.3 is 0 Å². The monoisotopic (exact) mass is 470 g/mol. The second-order valence-electron chi connectivity index (χ2n) is 8.85. The summed E-state index contributed by atoms with van der Waals surface area (Å²) >= 11 is 0. The minimum Gasteiger partial charge on any atom is -0.369 e. The zero-order valence-corrected chi connectivity index (χ0v) is 20.4. The molecule has 2 aromatic carbocycles. The van der Waals surface area contributed by atoms with Crippen LogP contribution in [-0.2, 0) is 14.8 Å². The molecule has 0 aliphatic carbocycles. The van der Waals surface area contributed by atoms with Crippen LogP contribution in [0.25, 0.3) is 0 Å². The summed E-state index contributed by atoms with van der Waals surface area (Å²) in [5, 5.41) is 3.01. The van der Waals surface area contributed by atoms with Crippen LogP contribution in [0.3, 0.4) is 0 Å². The van der Waals surface area contributed by atoms with Crippen LogP contribution in [0, 0.1) is 6.92 Å². The van der Waals surface area contributed by atoms with Crippen molar-refractivity contribution in [3.8, 4) is 0 Å². The van der Waals surface area contributed by atoms with E-state index >= 15 is 0 Å². The molecule has 2 fully saturated rings. The Morgan fingerprint density at radius 3 is 2.39 bits per heavy atom. The van der Waals surface area contributed by atoms with Crippen molar-refractivity contribution in [2.24, 2.45) is 0 Å². The summed E-state index contributed by atoms with van der Waals surface area (Å²) in [6, 6.07) is 13.8. The van der Waals surface area contributed by atoms with Crippen molar-refractivity contribution >= 4 is 27.3 Å². The van der Waals surface area contributed by atoms with Gasteiger partial charge in [-0.1, -0.05) is 31.5 Å². The molecule has 33 heavy (non-hydrogen) atoms. The lowest BCUT2D eigenvalue weighted by atomic mass is 10.0. The van der Waals surface area contributed by atoms with Gasteiger partial charge in [0.2, 0.25) is 15.9 Å². The first-order valence-corrected chi connectivity index (χ1v) is 13.3. The minimum atomic E-state index is -3.72. The second kappa shape index (κ2) is 10.2. The van der Waals surface area contributed by atoms with Crippen LogP contribution in [0.2, 0.25) is 0 Å². The maximum absolute atomic E-state index is 13.2. The van der Waals surface area contributed by atoms with Crippen LogP contribution < -0.4 is 10.2 Å². The number of anilines is 2. The van der Waals surface area contributed by atoms with Gasteiger partial charge in [0.15, 0.2) is 0 Å². The van der Waals surface area contributed by atoms with Crippen molar-refractivity contribution in [2.45, 2.75) is 44.0 Å². The van der Waals surface area contributed by atoms with Crippen LogP contribution in [0.5, 0.6) is 0 Å². The Labute approximate surface area is 197 Å². The number of sulfonamides is 1. The maximum Gasteiger partial charge on any atom is 0.243 e. The molecule has 4 rings (SSSR count). The average molecular weight is 471 g/mol. The lowest BCUT2D eigenvalue weighted by Crippen LogP contribution is -2.49. The number of carbonyl (C=O) groups is 1. The number of hydrogen-bond acceptors (Lipinski definition) is 5. The molecule has 0 spiro atoms. The van der Waals surface area contributed by atoms with Crippen LogP contribution in [-0.4, -0.2) is 68.8 Å². The average Bonchev–Trinajstić information content (AvgIpc) is 2.86. The third-order valence-corrected chi connectivity index (χ3v) is 8.68. The summed E-state index contributed by atoms with van der Waals surface area (Å²) in [5.74, 6) is -0.262. The topological polar surface area (TPSA) is 73.0 Å². The number of nitrogens with one attached hydrogen (secondary N) is 1. The van der Waals surface area contributed by atoms with E-state index in [1.165, 1.54) is 4.31 Å². The van der Waals surface area contributed by atoms with Crippen molar-refractivity contribution < 1.29 is 13.2 Å². The predicted octanol–water partition coefficient (Wildman–Crippen LogP) is 3.32. The molecule has 2 saturated heterocycles. The normalized spacial score (nSPS) is 20.5. The molecule has 7 nitrogen and oxygen atoms in total. The van der Waals surface area contributed by atoms with E-state index in [2.05, 4.69) is 28.1 Å². The smallest absolute Gasteiger partial charge is 0.243 e. The van der Waals surface area contributed by atoms with Gasteiger partial charge in [0.1, 0.15) is 6.04 Å². The lowest BCUT2D eigenvalue weighted by Gasteiger charge is -2.36. The highest BCUT2D eigenvalue weighted by Gasteiger charge is 2.37. The predicted molar refractivity (Wildman–Crippen MR) is 132 cm³/mol. The number of benzene rings is 2. The highest BCUT2D eigenvalue weighted by Crippen LogP contribution is 2.28. The van der Waals surface area contributed by atoms with E-state index in [0.717, 1.165) is 62.5 Å². The molecule has 2 aliphatic rings. The molecule has 2 aliphatic heterocycles. The molecule has 1 atom stereocenters. The van der Waals surface area contributed by atoms with Gasteiger partial charge < -0.3 is 15.1 Å². The SMILES string of the molecule is CCN1CCN(c2ccc(NC(=O)C3CCCCN3S(=O)(=O)c3ccccc3)c(C)c2)CC1. The van der Waals surface area contributed by atoms with E-state index in [1.54, 1.807) is 30.3 Å². The Balaban J connectivity index is 1.47. The zero-order valence-electron chi connectivity index (χ0n) is 19.5. The molecular formula is C25H34N4O3S. The first-order chi connectivity index (χ1) is 15.9. The summed E-state index contributed by atoms with van der Waals surface area (Å²) < 4.78 is 27.8. The Hall–Kier alpha value is -2.42. The lowest BCUT2D eigenvalue weighted by molar-refractivity contribution is -0.120. The third-order valence-electron chi connectivity index (χ3n) is 6.76.